The van der Waals surface area contributed by atoms with Crippen molar-refractivity contribution in [3.63, 3.8) is 0 Å². The first-order valence-electron chi connectivity index (χ1n) is 5.41. The maximum absolute atomic E-state index is 13.1. The monoisotopic (exact) mass is 263 g/mol. The summed E-state index contributed by atoms with van der Waals surface area (Å²) in [7, 11) is 0. The molecular weight excluding hydrogens is 245 g/mol. The summed E-state index contributed by atoms with van der Waals surface area (Å²) >= 11 is 0. The molecule has 1 heterocycles. The van der Waals surface area contributed by atoms with Crippen LogP contribution in [0.3, 0.4) is 0 Å². The molecule has 0 aromatic rings. The number of amides is 1. The first-order chi connectivity index (χ1) is 7.33. The summed E-state index contributed by atoms with van der Waals surface area (Å²) < 4.78 is 13.1. The highest BCUT2D eigenvalue weighted by atomic mass is 35.5. The summed E-state index contributed by atoms with van der Waals surface area (Å²) in [6, 6.07) is 1.35. The van der Waals surface area contributed by atoms with Gasteiger partial charge in [-0.1, -0.05) is 0 Å². The molecule has 1 saturated heterocycles. The van der Waals surface area contributed by atoms with Gasteiger partial charge in [-0.25, -0.2) is 4.39 Å². The Morgan fingerprint density at radius 3 is 2.65 bits per heavy atom. The average molecular weight is 264 g/mol. The minimum Gasteiger partial charge on any atom is -0.323 e. The highest BCUT2D eigenvalue weighted by Crippen LogP contribution is 2.19. The van der Waals surface area contributed by atoms with Crippen molar-refractivity contribution in [2.24, 2.45) is 0 Å². The molecule has 1 aliphatic heterocycles. The molecule has 0 aliphatic carbocycles. The molecule has 2 atom stereocenters. The van der Waals surface area contributed by atoms with Crippen molar-refractivity contribution in [3.05, 3.63) is 0 Å². The fourth-order valence-electron chi connectivity index (χ4n) is 1.63. The second-order valence-corrected chi connectivity index (χ2v) is 5.13. The molecule has 0 radical (unpaired) electrons. The van der Waals surface area contributed by atoms with Gasteiger partial charge in [0.05, 0.1) is 19.2 Å². The maximum atomic E-state index is 13.1. The summed E-state index contributed by atoms with van der Waals surface area (Å²) in [5, 5.41) is 11.8. The van der Waals surface area contributed by atoms with E-state index in [2.05, 4.69) is 5.32 Å². The van der Waals surface area contributed by atoms with E-state index in [4.69, 9.17) is 5.26 Å². The fourth-order valence-corrected chi connectivity index (χ4v) is 1.63. The molecular formula is C11H19ClFN3O. The molecule has 0 saturated carbocycles. The number of carbonyl (C=O) groups excluding carboxylic acids is 1. The van der Waals surface area contributed by atoms with E-state index in [9.17, 15) is 9.18 Å². The van der Waals surface area contributed by atoms with Crippen LogP contribution in [-0.4, -0.2) is 41.6 Å². The fraction of sp³-hybridized carbons (Fsp3) is 0.818. The number of alkyl halides is 1. The van der Waals surface area contributed by atoms with Crippen molar-refractivity contribution >= 4 is 18.3 Å². The third kappa shape index (κ3) is 4.88. The lowest BCUT2D eigenvalue weighted by molar-refractivity contribution is -0.130. The van der Waals surface area contributed by atoms with Crippen LogP contribution in [0.1, 0.15) is 27.2 Å². The van der Waals surface area contributed by atoms with Gasteiger partial charge in [0, 0.05) is 12.0 Å². The first kappa shape index (κ1) is 16.1. The van der Waals surface area contributed by atoms with E-state index >= 15 is 0 Å². The largest absolute Gasteiger partial charge is 0.323 e. The number of nitriles is 1. The number of rotatable bonds is 2. The van der Waals surface area contributed by atoms with Crippen LogP contribution in [0.15, 0.2) is 0 Å². The molecule has 0 aromatic heterocycles. The van der Waals surface area contributed by atoms with Gasteiger partial charge in [0.1, 0.15) is 12.2 Å². The minimum absolute atomic E-state index is 0. The molecule has 1 fully saturated rings. The summed E-state index contributed by atoms with van der Waals surface area (Å²) in [5.74, 6) is -0.207. The second-order valence-electron chi connectivity index (χ2n) is 5.13. The van der Waals surface area contributed by atoms with Gasteiger partial charge in [-0.05, 0) is 20.8 Å². The minimum atomic E-state index is -1.07. The molecule has 1 N–H and O–H groups in total. The third-order valence-corrected chi connectivity index (χ3v) is 2.49. The molecule has 98 valence electrons. The van der Waals surface area contributed by atoms with Crippen molar-refractivity contribution in [2.45, 2.75) is 44.9 Å². The number of nitrogens with one attached hydrogen (secondary N) is 1. The van der Waals surface area contributed by atoms with E-state index < -0.39 is 12.2 Å². The smallest absolute Gasteiger partial charge is 0.237 e. The zero-order valence-corrected chi connectivity index (χ0v) is 11.2. The van der Waals surface area contributed by atoms with Gasteiger partial charge in [0.2, 0.25) is 5.91 Å². The Balaban J connectivity index is 0.00000256. The van der Waals surface area contributed by atoms with Crippen molar-refractivity contribution in [2.75, 3.05) is 13.1 Å². The number of likely N-dealkylation sites (tertiary alicyclic amines) is 1. The standard InChI is InChI=1S/C11H18FN3O.ClH/c1-11(2,3)14-6-10(16)15-7-8(12)4-9(15)5-13;/h8-9,14H,4,6-7H2,1-3H3;1H/t8-,9-;/m0./s1. The molecule has 17 heavy (non-hydrogen) atoms. The third-order valence-electron chi connectivity index (χ3n) is 2.49. The zero-order chi connectivity index (χ0) is 12.3. The number of hydrogen-bond acceptors (Lipinski definition) is 3. The molecule has 1 rings (SSSR count). The quantitative estimate of drug-likeness (QED) is 0.816. The lowest BCUT2D eigenvalue weighted by Gasteiger charge is -2.24. The second kappa shape index (κ2) is 6.18. The van der Waals surface area contributed by atoms with Crippen molar-refractivity contribution in [1.82, 2.24) is 10.2 Å². The predicted octanol–water partition coefficient (Wildman–Crippen LogP) is 1.26. The van der Waals surface area contributed by atoms with Crippen molar-refractivity contribution in [3.8, 4) is 6.07 Å². The molecule has 0 bridgehead atoms. The van der Waals surface area contributed by atoms with Crippen molar-refractivity contribution in [1.29, 1.82) is 5.26 Å². The number of halogens is 2. The normalized spacial score (nSPS) is 24.1. The zero-order valence-electron chi connectivity index (χ0n) is 10.4. The maximum Gasteiger partial charge on any atom is 0.237 e. The van der Waals surface area contributed by atoms with Crippen LogP contribution in [0.4, 0.5) is 4.39 Å². The summed E-state index contributed by atoms with van der Waals surface area (Å²) in [4.78, 5) is 13.1. The van der Waals surface area contributed by atoms with E-state index in [0.717, 1.165) is 0 Å². The van der Waals surface area contributed by atoms with Gasteiger partial charge < -0.3 is 10.2 Å². The number of carbonyl (C=O) groups is 1. The SMILES string of the molecule is CC(C)(C)NCC(=O)N1C[C@@H](F)C[C@H]1C#N.Cl. The van der Waals surface area contributed by atoms with Crippen LogP contribution in [-0.2, 0) is 4.79 Å². The Morgan fingerprint density at radius 2 is 2.18 bits per heavy atom. The Labute approximate surface area is 108 Å². The molecule has 0 spiro atoms. The lowest BCUT2D eigenvalue weighted by atomic mass is 10.1. The Kier molecular flexibility index (Phi) is 5.86. The molecule has 0 unspecified atom stereocenters. The van der Waals surface area contributed by atoms with Gasteiger partial charge in [-0.2, -0.15) is 5.26 Å². The lowest BCUT2D eigenvalue weighted by Crippen LogP contribution is -2.46. The van der Waals surface area contributed by atoms with Crippen LogP contribution in [0.25, 0.3) is 0 Å². The Bertz CT molecular complexity index is 311. The molecule has 0 aromatic carbocycles. The summed E-state index contributed by atoms with van der Waals surface area (Å²) in [6.07, 6.45) is -0.930. The van der Waals surface area contributed by atoms with Crippen LogP contribution in [0.5, 0.6) is 0 Å². The summed E-state index contributed by atoms with van der Waals surface area (Å²) in [6.45, 7) is 6.04. The highest BCUT2D eigenvalue weighted by Gasteiger charge is 2.35. The van der Waals surface area contributed by atoms with E-state index in [1.807, 2.05) is 26.8 Å². The van der Waals surface area contributed by atoms with Gasteiger partial charge in [0.15, 0.2) is 0 Å². The van der Waals surface area contributed by atoms with Gasteiger partial charge >= 0.3 is 0 Å². The molecule has 1 aliphatic rings. The molecule has 1 amide bonds. The highest BCUT2D eigenvalue weighted by molar-refractivity contribution is 5.85. The van der Waals surface area contributed by atoms with E-state index in [0.29, 0.717) is 0 Å². The van der Waals surface area contributed by atoms with Gasteiger partial charge in [0.25, 0.3) is 0 Å². The van der Waals surface area contributed by atoms with Gasteiger partial charge in [-0.15, -0.1) is 12.4 Å². The van der Waals surface area contributed by atoms with Gasteiger partial charge in [-0.3, -0.25) is 4.79 Å². The first-order valence-corrected chi connectivity index (χ1v) is 5.41. The average Bonchev–Trinajstić information content (AvgIpc) is 2.55. The van der Waals surface area contributed by atoms with Crippen LogP contribution in [0, 0.1) is 11.3 Å². The van der Waals surface area contributed by atoms with Crippen LogP contribution >= 0.6 is 12.4 Å². The number of hydrogen-bond donors (Lipinski definition) is 1. The topological polar surface area (TPSA) is 56.1 Å². The summed E-state index contributed by atoms with van der Waals surface area (Å²) in [5.41, 5.74) is -0.160. The van der Waals surface area contributed by atoms with Crippen LogP contribution in [0.2, 0.25) is 0 Å². The predicted molar refractivity (Wildman–Crippen MR) is 65.6 cm³/mol. The van der Waals surface area contributed by atoms with E-state index in [1.165, 1.54) is 4.90 Å². The number of nitrogens with zero attached hydrogens (tertiary/aromatic N) is 2. The Morgan fingerprint density at radius 1 is 1.59 bits per heavy atom. The van der Waals surface area contributed by atoms with E-state index in [1.54, 1.807) is 0 Å². The van der Waals surface area contributed by atoms with E-state index in [-0.39, 0.29) is 43.4 Å². The van der Waals surface area contributed by atoms with Crippen molar-refractivity contribution < 1.29 is 9.18 Å². The van der Waals surface area contributed by atoms with Crippen LogP contribution < -0.4 is 5.32 Å². The Hall–Kier alpha value is -0.860. The molecule has 4 nitrogen and oxygen atoms in total. The molecule has 6 heteroatoms.